The van der Waals surface area contributed by atoms with Gasteiger partial charge in [0.15, 0.2) is 0 Å². The molecule has 1 aromatic heterocycles. The molecule has 0 spiro atoms. The predicted octanol–water partition coefficient (Wildman–Crippen LogP) is 3.48. The number of rotatable bonds is 6. The molecule has 124 valence electrons. The van der Waals surface area contributed by atoms with Crippen LogP contribution in [0.3, 0.4) is 0 Å². The maximum atomic E-state index is 12.2. The van der Waals surface area contributed by atoms with E-state index in [1.807, 2.05) is 33.0 Å². The number of aryl methyl sites for hydroxylation is 2. The van der Waals surface area contributed by atoms with Crippen LogP contribution in [-0.2, 0) is 11.8 Å². The molecule has 0 saturated carbocycles. The van der Waals surface area contributed by atoms with Gasteiger partial charge in [-0.25, -0.2) is 0 Å². The summed E-state index contributed by atoms with van der Waals surface area (Å²) < 4.78 is 2.83. The molecule has 6 heteroatoms. The van der Waals surface area contributed by atoms with E-state index in [4.69, 9.17) is 0 Å². The van der Waals surface area contributed by atoms with E-state index in [9.17, 15) is 4.79 Å². The molecular weight excluding hydrogens is 356 g/mol. The maximum Gasteiger partial charge on any atom is 0.238 e. The zero-order valence-corrected chi connectivity index (χ0v) is 15.6. The minimum Gasteiger partial charge on any atom is -0.322 e. The lowest BCUT2D eigenvalue weighted by Crippen LogP contribution is -2.31. The maximum absolute atomic E-state index is 12.2. The molecule has 1 aromatic carbocycles. The Morgan fingerprint density at radius 2 is 1.96 bits per heavy atom. The van der Waals surface area contributed by atoms with Gasteiger partial charge in [0.2, 0.25) is 5.91 Å². The van der Waals surface area contributed by atoms with Crippen LogP contribution in [0.2, 0.25) is 0 Å². The van der Waals surface area contributed by atoms with Crippen LogP contribution in [0.1, 0.15) is 36.3 Å². The molecule has 23 heavy (non-hydrogen) atoms. The standard InChI is InChI=1S/C17H23BrN4O/c1-5-15(13-6-8-14(18)9-7-13)19-10-16(23)20-17-11(2)21-22(4)12(17)3/h6-9,15,19H,5,10H2,1-4H3,(H,20,23)/t15-/m0/s1. The Hall–Kier alpha value is -1.66. The molecule has 2 N–H and O–H groups in total. The van der Waals surface area contributed by atoms with Crippen molar-refractivity contribution in [1.29, 1.82) is 0 Å². The SMILES string of the molecule is CC[C@H](NCC(=O)Nc1c(C)nn(C)c1C)c1ccc(Br)cc1. The molecule has 2 aromatic rings. The number of carbonyl (C=O) groups excluding carboxylic acids is 1. The second kappa shape index (κ2) is 7.75. The van der Waals surface area contributed by atoms with Gasteiger partial charge in [0.05, 0.1) is 23.6 Å². The van der Waals surface area contributed by atoms with Crippen LogP contribution in [0.25, 0.3) is 0 Å². The third kappa shape index (κ3) is 4.42. The Bertz CT molecular complexity index is 679. The van der Waals surface area contributed by atoms with Gasteiger partial charge in [-0.2, -0.15) is 5.10 Å². The largest absolute Gasteiger partial charge is 0.322 e. The van der Waals surface area contributed by atoms with Crippen LogP contribution in [0, 0.1) is 13.8 Å². The Morgan fingerprint density at radius 3 is 2.48 bits per heavy atom. The minimum atomic E-state index is -0.0558. The third-order valence-electron chi connectivity index (χ3n) is 3.96. The first-order valence-electron chi connectivity index (χ1n) is 7.71. The van der Waals surface area contributed by atoms with Crippen molar-refractivity contribution in [1.82, 2.24) is 15.1 Å². The van der Waals surface area contributed by atoms with Crippen molar-refractivity contribution >= 4 is 27.5 Å². The first kappa shape index (κ1) is 17.7. The fourth-order valence-electron chi connectivity index (χ4n) is 2.55. The number of aromatic nitrogens is 2. The average molecular weight is 379 g/mol. The average Bonchev–Trinajstić information content (AvgIpc) is 2.76. The molecular formula is C17H23BrN4O. The van der Waals surface area contributed by atoms with Crippen molar-refractivity contribution in [3.8, 4) is 0 Å². The summed E-state index contributed by atoms with van der Waals surface area (Å²) >= 11 is 3.44. The summed E-state index contributed by atoms with van der Waals surface area (Å²) in [6.45, 7) is 6.21. The van der Waals surface area contributed by atoms with Gasteiger partial charge < -0.3 is 10.6 Å². The second-order valence-corrected chi connectivity index (χ2v) is 6.53. The highest BCUT2D eigenvalue weighted by Gasteiger charge is 2.14. The van der Waals surface area contributed by atoms with Crippen molar-refractivity contribution in [3.63, 3.8) is 0 Å². The fraction of sp³-hybridized carbons (Fsp3) is 0.412. The van der Waals surface area contributed by atoms with Gasteiger partial charge >= 0.3 is 0 Å². The van der Waals surface area contributed by atoms with Crippen LogP contribution in [-0.4, -0.2) is 22.2 Å². The molecule has 1 amide bonds. The highest BCUT2D eigenvalue weighted by Crippen LogP contribution is 2.20. The van der Waals surface area contributed by atoms with E-state index in [1.165, 1.54) is 5.56 Å². The normalized spacial score (nSPS) is 12.2. The number of carbonyl (C=O) groups is 1. The number of benzene rings is 1. The van der Waals surface area contributed by atoms with E-state index >= 15 is 0 Å². The summed E-state index contributed by atoms with van der Waals surface area (Å²) in [4.78, 5) is 12.2. The number of hydrogen-bond donors (Lipinski definition) is 2. The molecule has 1 atom stereocenters. The fourth-order valence-corrected chi connectivity index (χ4v) is 2.81. The Labute approximate surface area is 145 Å². The Kier molecular flexibility index (Phi) is 5.96. The van der Waals surface area contributed by atoms with Gasteiger partial charge in [-0.05, 0) is 38.0 Å². The molecule has 0 fully saturated rings. The van der Waals surface area contributed by atoms with Crippen molar-refractivity contribution in [2.45, 2.75) is 33.2 Å². The first-order chi connectivity index (χ1) is 10.9. The van der Waals surface area contributed by atoms with Crippen molar-refractivity contribution in [2.75, 3.05) is 11.9 Å². The van der Waals surface area contributed by atoms with Gasteiger partial charge in [-0.1, -0.05) is 35.0 Å². The van der Waals surface area contributed by atoms with Gasteiger partial charge in [0, 0.05) is 17.6 Å². The monoisotopic (exact) mass is 378 g/mol. The van der Waals surface area contributed by atoms with E-state index in [-0.39, 0.29) is 18.5 Å². The molecule has 0 aliphatic rings. The highest BCUT2D eigenvalue weighted by atomic mass is 79.9. The van der Waals surface area contributed by atoms with Gasteiger partial charge in [-0.15, -0.1) is 0 Å². The van der Waals surface area contributed by atoms with E-state index in [0.717, 1.165) is 28.0 Å². The zero-order valence-electron chi connectivity index (χ0n) is 14.0. The number of nitrogens with one attached hydrogen (secondary N) is 2. The minimum absolute atomic E-state index is 0.0558. The second-order valence-electron chi connectivity index (χ2n) is 5.61. The number of nitrogens with zero attached hydrogens (tertiary/aromatic N) is 2. The van der Waals surface area contributed by atoms with Crippen LogP contribution >= 0.6 is 15.9 Å². The van der Waals surface area contributed by atoms with Crippen molar-refractivity contribution < 1.29 is 4.79 Å². The summed E-state index contributed by atoms with van der Waals surface area (Å²) in [5, 5.41) is 10.6. The zero-order chi connectivity index (χ0) is 17.0. The van der Waals surface area contributed by atoms with Crippen molar-refractivity contribution in [3.05, 3.63) is 45.7 Å². The molecule has 5 nitrogen and oxygen atoms in total. The molecule has 1 heterocycles. The lowest BCUT2D eigenvalue weighted by Gasteiger charge is -2.17. The number of amides is 1. The first-order valence-corrected chi connectivity index (χ1v) is 8.50. The van der Waals surface area contributed by atoms with Crippen molar-refractivity contribution in [2.24, 2.45) is 7.05 Å². The number of anilines is 1. The smallest absolute Gasteiger partial charge is 0.238 e. The molecule has 0 bridgehead atoms. The topological polar surface area (TPSA) is 59.0 Å². The molecule has 2 rings (SSSR count). The summed E-state index contributed by atoms with van der Waals surface area (Å²) in [5.74, 6) is -0.0558. The summed E-state index contributed by atoms with van der Waals surface area (Å²) in [6.07, 6.45) is 0.917. The van der Waals surface area contributed by atoms with Gasteiger partial charge in [-0.3, -0.25) is 9.48 Å². The lowest BCUT2D eigenvalue weighted by molar-refractivity contribution is -0.115. The lowest BCUT2D eigenvalue weighted by atomic mass is 10.0. The highest BCUT2D eigenvalue weighted by molar-refractivity contribution is 9.10. The summed E-state index contributed by atoms with van der Waals surface area (Å²) in [7, 11) is 1.87. The number of hydrogen-bond acceptors (Lipinski definition) is 3. The van der Waals surface area contributed by atoms with E-state index in [1.54, 1.807) is 4.68 Å². The van der Waals surface area contributed by atoms with Crippen LogP contribution in [0.15, 0.2) is 28.7 Å². The summed E-state index contributed by atoms with van der Waals surface area (Å²) in [6, 6.07) is 8.33. The molecule has 0 aliphatic carbocycles. The van der Waals surface area contributed by atoms with Crippen LogP contribution in [0.5, 0.6) is 0 Å². The van der Waals surface area contributed by atoms with Gasteiger partial charge in [0.25, 0.3) is 0 Å². The van der Waals surface area contributed by atoms with E-state index < -0.39 is 0 Å². The van der Waals surface area contributed by atoms with Gasteiger partial charge in [0.1, 0.15) is 0 Å². The predicted molar refractivity (Wildman–Crippen MR) is 96.5 cm³/mol. The third-order valence-corrected chi connectivity index (χ3v) is 4.49. The van der Waals surface area contributed by atoms with Crippen LogP contribution < -0.4 is 10.6 Å². The number of halogens is 1. The Balaban J connectivity index is 1.96. The molecule has 0 unspecified atom stereocenters. The molecule has 0 aliphatic heterocycles. The summed E-state index contributed by atoms with van der Waals surface area (Å²) in [5.41, 5.74) is 3.77. The van der Waals surface area contributed by atoms with E-state index in [2.05, 4.69) is 50.7 Å². The quantitative estimate of drug-likeness (QED) is 0.808. The van der Waals surface area contributed by atoms with Crippen LogP contribution in [0.4, 0.5) is 5.69 Å². The van der Waals surface area contributed by atoms with E-state index in [0.29, 0.717) is 0 Å². The molecule has 0 radical (unpaired) electrons. The molecule has 0 saturated heterocycles. The Morgan fingerprint density at radius 1 is 1.30 bits per heavy atom.